The Balaban J connectivity index is 1.45. The number of imide groups is 1. The highest BCUT2D eigenvalue weighted by molar-refractivity contribution is 6.25. The summed E-state index contributed by atoms with van der Waals surface area (Å²) < 4.78 is 5.22. The number of fused-ring (bicyclic) bond motifs is 5. The average molecular weight is 495 g/mol. The number of benzene rings is 3. The molecule has 2 fully saturated rings. The number of carbonyl (C=O) groups is 3. The Hall–Kier alpha value is -4.79. The number of amides is 2. The molecule has 3 aliphatic rings. The average Bonchev–Trinajstić information content (AvgIpc) is 3.41. The second kappa shape index (κ2) is 8.41. The quantitative estimate of drug-likeness (QED) is 0.229. The van der Waals surface area contributed by atoms with Gasteiger partial charge in [-0.3, -0.25) is 24.5 Å². The second-order valence-corrected chi connectivity index (χ2v) is 9.19. The van der Waals surface area contributed by atoms with Crippen LogP contribution in [0, 0.1) is 22.0 Å². The highest BCUT2D eigenvalue weighted by Crippen LogP contribution is 2.49. The fourth-order valence-electron chi connectivity index (χ4n) is 5.72. The molecule has 2 saturated heterocycles. The zero-order valence-electron chi connectivity index (χ0n) is 19.7. The number of nitro groups is 1. The lowest BCUT2D eigenvalue weighted by atomic mass is 9.86. The number of nitrogens with zero attached hydrogens (tertiary/aromatic N) is 3. The number of ether oxygens (including phenoxy) is 1. The Labute approximate surface area is 211 Å². The molecular weight excluding hydrogens is 474 g/mol. The Morgan fingerprint density at radius 3 is 2.27 bits per heavy atom. The Bertz CT molecular complexity index is 1480. The lowest BCUT2D eigenvalue weighted by molar-refractivity contribution is -0.384. The van der Waals surface area contributed by atoms with Crippen molar-refractivity contribution < 1.29 is 24.0 Å². The number of ketones is 1. The van der Waals surface area contributed by atoms with E-state index in [2.05, 4.69) is 0 Å². The van der Waals surface area contributed by atoms with Gasteiger partial charge < -0.3 is 9.64 Å². The molecule has 3 aromatic carbocycles. The monoisotopic (exact) mass is 495 g/mol. The van der Waals surface area contributed by atoms with Gasteiger partial charge in [-0.2, -0.15) is 0 Å². The van der Waals surface area contributed by atoms with Crippen LogP contribution in [0.4, 0.5) is 17.1 Å². The number of non-ortho nitro benzene ring substituents is 1. The zero-order chi connectivity index (χ0) is 25.8. The smallest absolute Gasteiger partial charge is 0.269 e. The first-order valence-corrected chi connectivity index (χ1v) is 11.8. The lowest BCUT2D eigenvalue weighted by Crippen LogP contribution is -2.48. The van der Waals surface area contributed by atoms with E-state index >= 15 is 0 Å². The maximum absolute atomic E-state index is 14.0. The van der Waals surface area contributed by atoms with Crippen molar-refractivity contribution in [3.05, 3.63) is 100 Å². The molecule has 3 aliphatic heterocycles. The molecule has 0 spiro atoms. The van der Waals surface area contributed by atoms with Crippen LogP contribution in [0.25, 0.3) is 6.08 Å². The molecule has 37 heavy (non-hydrogen) atoms. The first kappa shape index (κ1) is 22.7. The molecule has 0 saturated carbocycles. The predicted octanol–water partition coefficient (Wildman–Crippen LogP) is 3.88. The molecule has 6 rings (SSSR count). The van der Waals surface area contributed by atoms with E-state index in [-0.39, 0.29) is 17.2 Å². The third kappa shape index (κ3) is 3.35. The summed E-state index contributed by atoms with van der Waals surface area (Å²) in [6.45, 7) is 0. The molecule has 0 N–H and O–H groups in total. The van der Waals surface area contributed by atoms with Crippen LogP contribution in [0.3, 0.4) is 0 Å². The summed E-state index contributed by atoms with van der Waals surface area (Å²) in [5.41, 5.74) is 2.20. The highest BCUT2D eigenvalue weighted by atomic mass is 16.6. The van der Waals surface area contributed by atoms with E-state index in [0.29, 0.717) is 11.3 Å². The first-order chi connectivity index (χ1) is 17.9. The van der Waals surface area contributed by atoms with Crippen molar-refractivity contribution in [2.75, 3.05) is 16.9 Å². The normalized spacial score (nSPS) is 23.5. The minimum atomic E-state index is -0.918. The van der Waals surface area contributed by atoms with Gasteiger partial charge in [-0.05, 0) is 48.0 Å². The van der Waals surface area contributed by atoms with Crippen LogP contribution in [-0.2, 0) is 9.59 Å². The lowest BCUT2D eigenvalue weighted by Gasteiger charge is -2.36. The number of Topliss-reactive ketones (excluding diaryl/α,β-unsaturated/α-hetero) is 1. The van der Waals surface area contributed by atoms with E-state index in [1.165, 1.54) is 31.4 Å². The van der Waals surface area contributed by atoms with Crippen molar-refractivity contribution in [3.8, 4) is 5.75 Å². The van der Waals surface area contributed by atoms with E-state index < -0.39 is 40.7 Å². The Morgan fingerprint density at radius 1 is 0.919 bits per heavy atom. The molecular formula is C28H21N3O6. The second-order valence-electron chi connectivity index (χ2n) is 9.19. The highest BCUT2D eigenvalue weighted by Gasteiger charge is 2.64. The van der Waals surface area contributed by atoms with Gasteiger partial charge in [0.1, 0.15) is 11.8 Å². The number of rotatable bonds is 5. The summed E-state index contributed by atoms with van der Waals surface area (Å²) in [4.78, 5) is 55.1. The van der Waals surface area contributed by atoms with Crippen molar-refractivity contribution in [1.29, 1.82) is 0 Å². The van der Waals surface area contributed by atoms with E-state index in [4.69, 9.17) is 4.74 Å². The van der Waals surface area contributed by atoms with Gasteiger partial charge in [-0.1, -0.05) is 30.4 Å². The number of para-hydroxylation sites is 1. The topological polar surface area (TPSA) is 110 Å². The number of carbonyl (C=O) groups excluding carboxylic acids is 3. The maximum Gasteiger partial charge on any atom is 0.269 e. The van der Waals surface area contributed by atoms with E-state index in [0.717, 1.165) is 16.2 Å². The third-order valence-electron chi connectivity index (χ3n) is 7.38. The van der Waals surface area contributed by atoms with Gasteiger partial charge in [0.05, 0.1) is 35.6 Å². The van der Waals surface area contributed by atoms with Crippen molar-refractivity contribution >= 4 is 40.7 Å². The van der Waals surface area contributed by atoms with Crippen LogP contribution in [0.15, 0.2) is 78.9 Å². The number of methoxy groups -OCH3 is 1. The maximum atomic E-state index is 14.0. The van der Waals surface area contributed by atoms with Crippen LogP contribution in [-0.4, -0.2) is 41.7 Å². The molecule has 3 heterocycles. The number of nitro benzene ring substituents is 1. The number of hydrogen-bond donors (Lipinski definition) is 0. The van der Waals surface area contributed by atoms with E-state index in [1.54, 1.807) is 24.3 Å². The van der Waals surface area contributed by atoms with Gasteiger partial charge in [0, 0.05) is 23.4 Å². The van der Waals surface area contributed by atoms with Crippen LogP contribution < -0.4 is 14.5 Å². The van der Waals surface area contributed by atoms with Crippen LogP contribution in [0.1, 0.15) is 15.9 Å². The molecule has 4 atom stereocenters. The third-order valence-corrected chi connectivity index (χ3v) is 7.38. The van der Waals surface area contributed by atoms with Gasteiger partial charge >= 0.3 is 0 Å². The molecule has 2 amide bonds. The summed E-state index contributed by atoms with van der Waals surface area (Å²) in [5.74, 6) is -2.28. The minimum Gasteiger partial charge on any atom is -0.497 e. The van der Waals surface area contributed by atoms with Crippen LogP contribution >= 0.6 is 0 Å². The summed E-state index contributed by atoms with van der Waals surface area (Å²) in [5, 5.41) is 11.1. The van der Waals surface area contributed by atoms with Crippen molar-refractivity contribution in [2.45, 2.75) is 12.1 Å². The zero-order valence-corrected chi connectivity index (χ0v) is 19.7. The standard InChI is InChI=1S/C28H21N3O6/c1-37-20-13-6-17(7-14-20)26(32)25-24-23(22-15-8-16-4-2-3-5-21(16)30(22)25)27(33)29(28(24)34)18-9-11-19(12-10-18)31(35)36/h2-15,22-25H,1H3/t22-,23-,24-,25-/m1/s1. The number of anilines is 2. The molecule has 0 aliphatic carbocycles. The Morgan fingerprint density at radius 2 is 1.59 bits per heavy atom. The summed E-state index contributed by atoms with van der Waals surface area (Å²) in [7, 11) is 1.54. The van der Waals surface area contributed by atoms with E-state index in [1.807, 2.05) is 41.3 Å². The van der Waals surface area contributed by atoms with Gasteiger partial charge in [0.15, 0.2) is 5.78 Å². The van der Waals surface area contributed by atoms with Crippen LogP contribution in [0.2, 0.25) is 0 Å². The molecule has 0 unspecified atom stereocenters. The summed E-state index contributed by atoms with van der Waals surface area (Å²) in [6.07, 6.45) is 3.80. The van der Waals surface area contributed by atoms with E-state index in [9.17, 15) is 24.5 Å². The molecule has 0 aromatic heterocycles. The van der Waals surface area contributed by atoms with Gasteiger partial charge in [-0.15, -0.1) is 0 Å². The fraction of sp³-hybridized carbons (Fsp3) is 0.179. The molecule has 184 valence electrons. The van der Waals surface area contributed by atoms with Crippen molar-refractivity contribution in [1.82, 2.24) is 0 Å². The minimum absolute atomic E-state index is 0.145. The Kier molecular flexibility index (Phi) is 5.15. The fourth-order valence-corrected chi connectivity index (χ4v) is 5.72. The molecule has 3 aromatic rings. The molecule has 0 bridgehead atoms. The number of hydrogen-bond acceptors (Lipinski definition) is 7. The molecule has 9 heteroatoms. The largest absolute Gasteiger partial charge is 0.497 e. The van der Waals surface area contributed by atoms with Crippen LogP contribution in [0.5, 0.6) is 5.75 Å². The summed E-state index contributed by atoms with van der Waals surface area (Å²) in [6, 6.07) is 18.2. The summed E-state index contributed by atoms with van der Waals surface area (Å²) >= 11 is 0. The predicted molar refractivity (Wildman–Crippen MR) is 135 cm³/mol. The molecule has 0 radical (unpaired) electrons. The van der Waals surface area contributed by atoms with Gasteiger partial charge in [-0.25, -0.2) is 4.90 Å². The SMILES string of the molecule is COc1ccc(C(=O)[C@H]2[C@@H]3C(=O)N(c4ccc([N+](=O)[O-])cc4)C(=O)[C@@H]3[C@H]3C=Cc4ccccc4N32)cc1. The van der Waals surface area contributed by atoms with Gasteiger partial charge in [0.2, 0.25) is 11.8 Å². The molecule has 9 nitrogen and oxygen atoms in total. The van der Waals surface area contributed by atoms with Gasteiger partial charge in [0.25, 0.3) is 5.69 Å². The van der Waals surface area contributed by atoms with Crippen molar-refractivity contribution in [3.63, 3.8) is 0 Å². The van der Waals surface area contributed by atoms with Crippen molar-refractivity contribution in [2.24, 2.45) is 11.8 Å². The first-order valence-electron chi connectivity index (χ1n) is 11.8.